The minimum Gasteiger partial charge on any atom is -0.378 e. The van der Waals surface area contributed by atoms with Crippen LogP contribution in [-0.4, -0.2) is 167 Å². The zero-order valence-corrected chi connectivity index (χ0v) is 28.2. The van der Waals surface area contributed by atoms with Crippen molar-refractivity contribution in [2.45, 2.75) is 43.0 Å². The number of carbonyl (C=O) groups excluding carboxylic acids is 2. The maximum Gasteiger partial charge on any atom is 0.315 e. The Morgan fingerprint density at radius 2 is 1.09 bits per heavy atom. The number of nitrogens with one attached hydrogen (secondary N) is 3. The predicted molar refractivity (Wildman–Crippen MR) is 173 cm³/mol. The summed E-state index contributed by atoms with van der Waals surface area (Å²) in [6.45, 7) is 10.1. The highest BCUT2D eigenvalue weighted by molar-refractivity contribution is 8.00. The molecule has 2 saturated heterocycles. The number of urea groups is 1. The van der Waals surface area contributed by atoms with Gasteiger partial charge < -0.3 is 64.3 Å². The summed E-state index contributed by atoms with van der Waals surface area (Å²) in [6.07, 6.45) is 3.35. The molecule has 16 heteroatoms. The summed E-state index contributed by atoms with van der Waals surface area (Å²) >= 11 is 1.90. The first-order valence-electron chi connectivity index (χ1n) is 16.6. The number of rotatable bonds is 34. The molecule has 0 saturated carbocycles. The molecule has 0 bridgehead atoms. The number of thioether (sulfide) groups is 1. The molecule has 270 valence electrons. The van der Waals surface area contributed by atoms with Crippen LogP contribution in [0, 0.1) is 0 Å². The minimum atomic E-state index is -0.0592. The molecule has 2 fully saturated rings. The number of hydrogen-bond donors (Lipinski definition) is 4. The average molecular weight is 683 g/mol. The molecule has 3 atom stereocenters. The van der Waals surface area contributed by atoms with Crippen molar-refractivity contribution in [3.63, 3.8) is 0 Å². The van der Waals surface area contributed by atoms with Gasteiger partial charge in [0.15, 0.2) is 0 Å². The van der Waals surface area contributed by atoms with Gasteiger partial charge in [0.2, 0.25) is 5.91 Å². The van der Waals surface area contributed by atoms with Crippen LogP contribution in [0.1, 0.15) is 25.7 Å². The molecule has 2 aliphatic rings. The Bertz CT molecular complexity index is 747. The summed E-state index contributed by atoms with van der Waals surface area (Å²) < 4.78 is 48.8. The first-order valence-corrected chi connectivity index (χ1v) is 17.6. The number of ether oxygens (including phenoxy) is 9. The van der Waals surface area contributed by atoms with Crippen molar-refractivity contribution in [1.29, 1.82) is 0 Å². The molecular weight excluding hydrogens is 624 g/mol. The molecule has 5 N–H and O–H groups in total. The van der Waals surface area contributed by atoms with Crippen LogP contribution >= 0.6 is 11.8 Å². The lowest BCUT2D eigenvalue weighted by Gasteiger charge is -2.16. The number of fused-ring (bicyclic) bond motifs is 1. The van der Waals surface area contributed by atoms with Gasteiger partial charge in [-0.2, -0.15) is 11.8 Å². The molecule has 0 aromatic carbocycles. The van der Waals surface area contributed by atoms with Crippen LogP contribution in [0.15, 0.2) is 0 Å². The van der Waals surface area contributed by atoms with Crippen molar-refractivity contribution in [1.82, 2.24) is 16.0 Å². The van der Waals surface area contributed by atoms with Gasteiger partial charge >= 0.3 is 6.03 Å². The normalized spacial score (nSPS) is 18.9. The SMILES string of the molecule is NCCOCCOCCOCCOCCOCCOCCOCCOCCOCCNC(=O)CCCCC1SC[C@H]2NC(=O)N[C@H]12. The third-order valence-corrected chi connectivity index (χ3v) is 8.40. The van der Waals surface area contributed by atoms with Gasteiger partial charge in [-0.1, -0.05) is 6.42 Å². The summed E-state index contributed by atoms with van der Waals surface area (Å²) in [5.74, 6) is 1.01. The van der Waals surface area contributed by atoms with Crippen LogP contribution in [0.3, 0.4) is 0 Å². The first kappa shape index (κ1) is 40.9. The Morgan fingerprint density at radius 1 is 0.652 bits per heavy atom. The lowest BCUT2D eigenvalue weighted by molar-refractivity contribution is -0.121. The maximum atomic E-state index is 12.0. The van der Waals surface area contributed by atoms with Crippen molar-refractivity contribution in [3.05, 3.63) is 0 Å². The molecule has 0 radical (unpaired) electrons. The smallest absolute Gasteiger partial charge is 0.315 e. The van der Waals surface area contributed by atoms with E-state index in [0.717, 1.165) is 25.0 Å². The highest BCUT2D eigenvalue weighted by Gasteiger charge is 2.42. The molecule has 1 unspecified atom stereocenters. The third kappa shape index (κ3) is 22.3. The van der Waals surface area contributed by atoms with Crippen molar-refractivity contribution >= 4 is 23.7 Å². The molecule has 0 aromatic rings. The Morgan fingerprint density at radius 3 is 1.54 bits per heavy atom. The highest BCUT2D eigenvalue weighted by atomic mass is 32.2. The Labute approximate surface area is 278 Å². The molecule has 46 heavy (non-hydrogen) atoms. The van der Waals surface area contributed by atoms with Gasteiger partial charge in [-0.05, 0) is 12.8 Å². The number of amides is 3. The molecule has 2 rings (SSSR count). The Balaban J connectivity index is 1.17. The van der Waals surface area contributed by atoms with E-state index in [1.54, 1.807) is 0 Å². The summed E-state index contributed by atoms with van der Waals surface area (Å²) in [4.78, 5) is 23.5. The van der Waals surface area contributed by atoms with Gasteiger partial charge in [-0.15, -0.1) is 0 Å². The lowest BCUT2D eigenvalue weighted by atomic mass is 10.0. The fraction of sp³-hybridized carbons (Fsp3) is 0.933. The fourth-order valence-electron chi connectivity index (χ4n) is 4.57. The van der Waals surface area contributed by atoms with E-state index in [2.05, 4.69) is 16.0 Å². The zero-order valence-electron chi connectivity index (χ0n) is 27.4. The van der Waals surface area contributed by atoms with Gasteiger partial charge in [0, 0.05) is 30.5 Å². The topological polar surface area (TPSA) is 179 Å². The first-order chi connectivity index (χ1) is 22.7. The van der Waals surface area contributed by atoms with Crippen LogP contribution in [0.25, 0.3) is 0 Å². The van der Waals surface area contributed by atoms with Crippen molar-refractivity contribution in [3.8, 4) is 0 Å². The zero-order chi connectivity index (χ0) is 32.8. The van der Waals surface area contributed by atoms with Crippen molar-refractivity contribution < 1.29 is 52.2 Å². The monoisotopic (exact) mass is 682 g/mol. The van der Waals surface area contributed by atoms with E-state index in [0.29, 0.717) is 144 Å². The van der Waals surface area contributed by atoms with Crippen LogP contribution in [0.4, 0.5) is 4.79 Å². The number of carbonyl (C=O) groups is 2. The van der Waals surface area contributed by atoms with Gasteiger partial charge in [0.1, 0.15) is 0 Å². The lowest BCUT2D eigenvalue weighted by Crippen LogP contribution is -2.36. The molecule has 2 aliphatic heterocycles. The summed E-state index contributed by atoms with van der Waals surface area (Å²) in [5.41, 5.74) is 5.33. The maximum absolute atomic E-state index is 12.0. The summed E-state index contributed by atoms with van der Waals surface area (Å²) in [7, 11) is 0. The van der Waals surface area contributed by atoms with Crippen molar-refractivity contribution in [2.24, 2.45) is 5.73 Å². The van der Waals surface area contributed by atoms with Crippen LogP contribution < -0.4 is 21.7 Å². The quantitative estimate of drug-likeness (QED) is 0.0524. The summed E-state index contributed by atoms with van der Waals surface area (Å²) in [6, 6.07) is 0.414. The molecule has 15 nitrogen and oxygen atoms in total. The molecule has 3 amide bonds. The molecule has 2 heterocycles. The number of hydrogen-bond acceptors (Lipinski definition) is 13. The second kappa shape index (κ2) is 29.8. The fourth-order valence-corrected chi connectivity index (χ4v) is 6.11. The highest BCUT2D eigenvalue weighted by Crippen LogP contribution is 2.33. The Hall–Kier alpha value is -1.31. The predicted octanol–water partition coefficient (Wildman–Crippen LogP) is -0.0635. The average Bonchev–Trinajstić information content (AvgIpc) is 3.61. The van der Waals surface area contributed by atoms with E-state index in [1.807, 2.05) is 11.8 Å². The largest absolute Gasteiger partial charge is 0.378 e. The second-order valence-corrected chi connectivity index (χ2v) is 11.8. The third-order valence-electron chi connectivity index (χ3n) is 6.89. The van der Waals surface area contributed by atoms with Crippen LogP contribution in [0.2, 0.25) is 0 Å². The van der Waals surface area contributed by atoms with Gasteiger partial charge in [0.25, 0.3) is 0 Å². The number of unbranched alkanes of at least 4 members (excludes halogenated alkanes) is 1. The van der Waals surface area contributed by atoms with E-state index in [4.69, 9.17) is 48.4 Å². The van der Waals surface area contributed by atoms with Gasteiger partial charge in [0.05, 0.1) is 131 Å². The van der Waals surface area contributed by atoms with Gasteiger partial charge in [-0.25, -0.2) is 4.79 Å². The van der Waals surface area contributed by atoms with Crippen LogP contribution in [0.5, 0.6) is 0 Å². The number of nitrogens with two attached hydrogens (primary N) is 1. The molecule has 0 spiro atoms. The van der Waals surface area contributed by atoms with Crippen molar-refractivity contribution in [2.75, 3.05) is 138 Å². The molecular formula is C30H58N4O11S. The van der Waals surface area contributed by atoms with Gasteiger partial charge in [-0.3, -0.25) is 4.79 Å². The van der Waals surface area contributed by atoms with E-state index < -0.39 is 0 Å². The minimum absolute atomic E-state index is 0.0453. The standard InChI is InChI=1S/C30H58N4O11S/c31-5-7-37-9-11-39-13-15-41-17-19-43-21-23-45-24-22-44-20-18-42-16-14-40-12-10-38-8-6-32-28(35)4-2-1-3-27-29-26(25-46-27)33-30(36)34-29/h26-27,29H,1-25,31H2,(H,32,35)(H2,33,34,36)/t26-,27?,29+/m1/s1. The van der Waals surface area contributed by atoms with Crippen LogP contribution in [-0.2, 0) is 47.4 Å². The molecule has 0 aliphatic carbocycles. The van der Waals surface area contributed by atoms with E-state index >= 15 is 0 Å². The summed E-state index contributed by atoms with van der Waals surface area (Å²) in [5, 5.41) is 9.28. The molecule has 0 aromatic heterocycles. The van der Waals surface area contributed by atoms with E-state index in [9.17, 15) is 9.59 Å². The Kier molecular flexibility index (Phi) is 26.5. The second-order valence-electron chi connectivity index (χ2n) is 10.5. The van der Waals surface area contributed by atoms with E-state index in [-0.39, 0.29) is 24.0 Å². The van der Waals surface area contributed by atoms with E-state index in [1.165, 1.54) is 0 Å².